The van der Waals surface area contributed by atoms with Gasteiger partial charge in [-0.3, -0.25) is 19.2 Å². The minimum absolute atomic E-state index is 0.0980. The molecule has 0 aromatic heterocycles. The summed E-state index contributed by atoms with van der Waals surface area (Å²) in [5.41, 5.74) is 0.0204. The van der Waals surface area contributed by atoms with Gasteiger partial charge >= 0.3 is 5.97 Å². The number of hydrogen-bond donors (Lipinski definition) is 2. The number of esters is 1. The number of hydrogen-bond acceptors (Lipinski definition) is 7. The standard InChI is InChI=1S/C38H46ClN3O7/c1-5-8-14-31(44)48-23-28(25-12-10-9-11-13-25)40-35(45)32-30-19-20-38(49-30)33(32)36(46)42(29(22-43)24(4)7-3)34(38)37(47)41(21-6-2)27-17-15-26(39)16-18-27/h5-6,9-13,15-18,24,28-30,32-34,43H,1-2,7-8,14,19-23H2,3-4H3,(H,40,45)/t24-,28+,29-,30+,32-,33-,34+,38-/m0/s1. The first-order valence-electron chi connectivity index (χ1n) is 17.0. The molecule has 262 valence electrons. The van der Waals surface area contributed by atoms with Crippen LogP contribution >= 0.6 is 11.6 Å². The van der Waals surface area contributed by atoms with Gasteiger partial charge < -0.3 is 29.7 Å². The zero-order chi connectivity index (χ0) is 35.3. The number of allylic oxidation sites excluding steroid dienone is 1. The fraction of sp³-hybridized carbons (Fsp3) is 0.474. The lowest BCUT2D eigenvalue weighted by Gasteiger charge is -2.40. The van der Waals surface area contributed by atoms with Crippen LogP contribution in [0.3, 0.4) is 0 Å². The van der Waals surface area contributed by atoms with Crippen LogP contribution in [-0.2, 0) is 28.7 Å². The molecular formula is C38H46ClN3O7. The summed E-state index contributed by atoms with van der Waals surface area (Å²) in [5, 5.41) is 14.3. The maximum Gasteiger partial charge on any atom is 0.306 e. The molecule has 3 aliphatic heterocycles. The van der Waals surface area contributed by atoms with Crippen molar-refractivity contribution in [1.82, 2.24) is 10.2 Å². The molecule has 2 bridgehead atoms. The van der Waals surface area contributed by atoms with Gasteiger partial charge in [-0.2, -0.15) is 0 Å². The molecular weight excluding hydrogens is 646 g/mol. The number of anilines is 1. The quantitative estimate of drug-likeness (QED) is 0.187. The molecule has 3 saturated heterocycles. The van der Waals surface area contributed by atoms with Gasteiger partial charge in [-0.1, -0.05) is 74.4 Å². The summed E-state index contributed by atoms with van der Waals surface area (Å²) in [6, 6.07) is 13.6. The van der Waals surface area contributed by atoms with Crippen molar-refractivity contribution in [3.05, 3.63) is 90.5 Å². The minimum atomic E-state index is -1.28. The monoisotopic (exact) mass is 691 g/mol. The lowest BCUT2D eigenvalue weighted by atomic mass is 9.70. The summed E-state index contributed by atoms with van der Waals surface area (Å²) < 4.78 is 12.2. The number of aliphatic hydroxyl groups excluding tert-OH is 1. The van der Waals surface area contributed by atoms with Crippen LogP contribution in [0.15, 0.2) is 79.9 Å². The van der Waals surface area contributed by atoms with Crippen LogP contribution in [0.25, 0.3) is 0 Å². The first kappa shape index (κ1) is 36.3. The van der Waals surface area contributed by atoms with Gasteiger partial charge in [-0.25, -0.2) is 0 Å². The highest BCUT2D eigenvalue weighted by atomic mass is 35.5. The Kier molecular flexibility index (Phi) is 11.6. The van der Waals surface area contributed by atoms with Crippen LogP contribution < -0.4 is 10.2 Å². The number of aliphatic hydroxyl groups is 1. The number of carbonyl (C=O) groups is 4. The van der Waals surface area contributed by atoms with Gasteiger partial charge in [0.05, 0.1) is 36.6 Å². The summed E-state index contributed by atoms with van der Waals surface area (Å²) in [4.78, 5) is 59.3. The number of amides is 3. The van der Waals surface area contributed by atoms with Gasteiger partial charge in [0.15, 0.2) is 0 Å². The topological polar surface area (TPSA) is 125 Å². The molecule has 3 aliphatic rings. The minimum Gasteiger partial charge on any atom is -0.463 e. The van der Waals surface area contributed by atoms with Crippen molar-refractivity contribution in [3.63, 3.8) is 0 Å². The normalized spacial score (nSPS) is 25.6. The smallest absolute Gasteiger partial charge is 0.306 e. The molecule has 3 heterocycles. The largest absolute Gasteiger partial charge is 0.463 e. The van der Waals surface area contributed by atoms with E-state index in [1.54, 1.807) is 41.3 Å². The average molecular weight is 692 g/mol. The van der Waals surface area contributed by atoms with E-state index in [1.165, 1.54) is 4.90 Å². The van der Waals surface area contributed by atoms with Crippen molar-refractivity contribution in [1.29, 1.82) is 0 Å². The van der Waals surface area contributed by atoms with Crippen LogP contribution in [0.5, 0.6) is 0 Å². The third-order valence-corrected chi connectivity index (χ3v) is 10.6. The fourth-order valence-electron chi connectivity index (χ4n) is 7.71. The van der Waals surface area contributed by atoms with E-state index >= 15 is 0 Å². The number of carbonyl (C=O) groups excluding carboxylic acids is 4. The molecule has 0 aliphatic carbocycles. The van der Waals surface area contributed by atoms with Crippen LogP contribution in [0, 0.1) is 17.8 Å². The van der Waals surface area contributed by atoms with Crippen molar-refractivity contribution < 1.29 is 33.8 Å². The molecule has 0 radical (unpaired) electrons. The predicted molar refractivity (Wildman–Crippen MR) is 186 cm³/mol. The number of ether oxygens (including phenoxy) is 2. The van der Waals surface area contributed by atoms with Crippen LogP contribution in [-0.4, -0.2) is 77.2 Å². The molecule has 1 spiro atoms. The van der Waals surface area contributed by atoms with Crippen LogP contribution in [0.1, 0.15) is 57.6 Å². The van der Waals surface area contributed by atoms with Crippen molar-refractivity contribution in [3.8, 4) is 0 Å². The zero-order valence-electron chi connectivity index (χ0n) is 28.1. The van der Waals surface area contributed by atoms with E-state index < -0.39 is 53.5 Å². The Bertz CT molecular complexity index is 1540. The van der Waals surface area contributed by atoms with Gasteiger partial charge in [-0.15, -0.1) is 13.2 Å². The molecule has 5 rings (SSSR count). The highest BCUT2D eigenvalue weighted by molar-refractivity contribution is 6.30. The fourth-order valence-corrected chi connectivity index (χ4v) is 7.83. The molecule has 0 unspecified atom stereocenters. The average Bonchev–Trinajstić information content (AvgIpc) is 3.76. The highest BCUT2D eigenvalue weighted by Crippen LogP contribution is 2.59. The zero-order valence-corrected chi connectivity index (χ0v) is 28.9. The molecule has 10 nitrogen and oxygen atoms in total. The molecule has 2 aromatic carbocycles. The number of nitrogens with one attached hydrogen (secondary N) is 1. The summed E-state index contributed by atoms with van der Waals surface area (Å²) in [5.74, 6) is -3.60. The number of likely N-dealkylation sites (tertiary alicyclic amines) is 1. The van der Waals surface area contributed by atoms with Crippen molar-refractivity contribution in [2.24, 2.45) is 17.8 Å². The van der Waals surface area contributed by atoms with Gasteiger partial charge in [0.25, 0.3) is 5.91 Å². The van der Waals surface area contributed by atoms with Crippen molar-refractivity contribution in [2.75, 3.05) is 24.7 Å². The van der Waals surface area contributed by atoms with Gasteiger partial charge in [0.2, 0.25) is 11.8 Å². The van der Waals surface area contributed by atoms with E-state index in [9.17, 15) is 24.3 Å². The third-order valence-electron chi connectivity index (χ3n) is 10.3. The molecule has 8 atom stereocenters. The van der Waals surface area contributed by atoms with Gasteiger partial charge in [-0.05, 0) is 55.0 Å². The molecule has 2 N–H and O–H groups in total. The first-order valence-corrected chi connectivity index (χ1v) is 17.4. The first-order chi connectivity index (χ1) is 23.6. The Hall–Kier alpha value is -3.99. The van der Waals surface area contributed by atoms with Crippen molar-refractivity contribution >= 4 is 41.0 Å². The highest BCUT2D eigenvalue weighted by Gasteiger charge is 2.75. The second kappa shape index (κ2) is 15.7. The van der Waals surface area contributed by atoms with Gasteiger partial charge in [0, 0.05) is 23.7 Å². The second-order valence-corrected chi connectivity index (χ2v) is 13.6. The Morgan fingerprint density at radius 2 is 1.88 bits per heavy atom. The Labute approximate surface area is 293 Å². The number of rotatable bonds is 16. The number of fused-ring (bicyclic) bond motifs is 1. The second-order valence-electron chi connectivity index (χ2n) is 13.1. The van der Waals surface area contributed by atoms with E-state index in [-0.39, 0.29) is 43.9 Å². The Morgan fingerprint density at radius 1 is 1.16 bits per heavy atom. The molecule has 11 heteroatoms. The van der Waals surface area contributed by atoms with E-state index in [1.807, 2.05) is 44.2 Å². The number of halogens is 1. The maximum atomic E-state index is 14.8. The third kappa shape index (κ3) is 7.04. The van der Waals surface area contributed by atoms with E-state index in [2.05, 4.69) is 18.5 Å². The summed E-state index contributed by atoms with van der Waals surface area (Å²) in [6.45, 7) is 11.1. The summed E-state index contributed by atoms with van der Waals surface area (Å²) in [6.07, 6.45) is 4.81. The van der Waals surface area contributed by atoms with E-state index in [4.69, 9.17) is 21.1 Å². The van der Waals surface area contributed by atoms with Crippen LogP contribution in [0.4, 0.5) is 5.69 Å². The Balaban J connectivity index is 1.51. The summed E-state index contributed by atoms with van der Waals surface area (Å²) >= 11 is 6.16. The lowest BCUT2D eigenvalue weighted by Crippen LogP contribution is -2.60. The molecule has 2 aromatic rings. The number of nitrogens with zero attached hydrogens (tertiary/aromatic N) is 2. The SMILES string of the molecule is C=CCCC(=O)OC[C@@H](NC(=O)[C@@H]1[C@H]2C(=O)N([C@@H](CO)[C@@H](C)CC)[C@H](C(=O)N(CC=C)c3ccc(Cl)cc3)[C@]23CC[C@H]1O3)c1ccccc1. The lowest BCUT2D eigenvalue weighted by molar-refractivity contribution is -0.147. The van der Waals surface area contributed by atoms with Crippen LogP contribution in [0.2, 0.25) is 5.02 Å². The Morgan fingerprint density at radius 3 is 2.51 bits per heavy atom. The predicted octanol–water partition coefficient (Wildman–Crippen LogP) is 5.01. The van der Waals surface area contributed by atoms with E-state index in [0.29, 0.717) is 36.4 Å². The molecule has 49 heavy (non-hydrogen) atoms. The number of benzene rings is 2. The molecule has 3 fully saturated rings. The molecule has 3 amide bonds. The van der Waals surface area contributed by atoms with Crippen molar-refractivity contribution in [2.45, 2.75) is 75.8 Å². The van der Waals surface area contributed by atoms with E-state index in [0.717, 1.165) is 5.56 Å². The van der Waals surface area contributed by atoms with Gasteiger partial charge in [0.1, 0.15) is 18.2 Å². The molecule has 0 saturated carbocycles. The maximum absolute atomic E-state index is 14.8. The summed E-state index contributed by atoms with van der Waals surface area (Å²) in [7, 11) is 0.